The first-order valence-electron chi connectivity index (χ1n) is 11.5. The Hall–Kier alpha value is -4.05. The quantitative estimate of drug-likeness (QED) is 0.0853. The van der Waals surface area contributed by atoms with Gasteiger partial charge in [0.25, 0.3) is 0 Å². The van der Waals surface area contributed by atoms with Crippen molar-refractivity contribution in [1.82, 2.24) is 25.9 Å². The molecule has 0 aliphatic carbocycles. The van der Waals surface area contributed by atoms with Crippen molar-refractivity contribution in [2.24, 2.45) is 17.2 Å². The van der Waals surface area contributed by atoms with Gasteiger partial charge in [0, 0.05) is 24.7 Å². The van der Waals surface area contributed by atoms with Crippen LogP contribution >= 0.6 is 0 Å². The van der Waals surface area contributed by atoms with Crippen LogP contribution in [0.25, 0.3) is 0 Å². The average Bonchev–Trinajstić information content (AvgIpc) is 3.32. The Kier molecular flexibility index (Phi) is 13.3. The number of carboxylic acid groups (broad SMARTS) is 2. The number of imidazole rings is 1. The smallest absolute Gasteiger partial charge is 0.326 e. The lowest BCUT2D eigenvalue weighted by Gasteiger charge is -2.25. The van der Waals surface area contributed by atoms with Crippen LogP contribution in [0.1, 0.15) is 44.2 Å². The zero-order valence-corrected chi connectivity index (χ0v) is 20.1. The molecule has 0 radical (unpaired) electrons. The van der Waals surface area contributed by atoms with Gasteiger partial charge < -0.3 is 48.3 Å². The van der Waals surface area contributed by atoms with E-state index in [1.54, 1.807) is 0 Å². The number of amides is 4. The van der Waals surface area contributed by atoms with Crippen molar-refractivity contribution >= 4 is 35.6 Å². The third-order valence-corrected chi connectivity index (χ3v) is 5.22. The van der Waals surface area contributed by atoms with E-state index in [1.165, 1.54) is 12.5 Å². The molecule has 0 bridgehead atoms. The van der Waals surface area contributed by atoms with Gasteiger partial charge in [0.2, 0.25) is 23.6 Å². The van der Waals surface area contributed by atoms with Gasteiger partial charge in [0.05, 0.1) is 18.8 Å². The first-order chi connectivity index (χ1) is 17.4. The fourth-order valence-corrected chi connectivity index (χ4v) is 3.24. The zero-order valence-electron chi connectivity index (χ0n) is 20.1. The lowest BCUT2D eigenvalue weighted by Crippen LogP contribution is -2.57. The Balaban J connectivity index is 3.06. The second-order valence-electron chi connectivity index (χ2n) is 8.30. The molecule has 16 nitrogen and oxygen atoms in total. The molecule has 1 heterocycles. The van der Waals surface area contributed by atoms with Gasteiger partial charge >= 0.3 is 11.9 Å². The van der Waals surface area contributed by atoms with Gasteiger partial charge in [-0.25, -0.2) is 9.78 Å². The number of nitrogens with one attached hydrogen (secondary N) is 4. The van der Waals surface area contributed by atoms with E-state index in [-0.39, 0.29) is 25.7 Å². The fourth-order valence-electron chi connectivity index (χ4n) is 3.24. The molecule has 4 amide bonds. The first-order valence-corrected chi connectivity index (χ1v) is 11.5. The molecule has 0 aliphatic heterocycles. The third kappa shape index (κ3) is 12.0. The van der Waals surface area contributed by atoms with E-state index in [2.05, 4.69) is 25.9 Å². The number of primary amides is 1. The SMILES string of the molecule is NCCCCC(NC(=O)C(N)CC(=O)O)C(=O)NC(Cc1cnc[nH]1)C(=O)NC(CCC(N)=O)C(=O)O. The number of unbranched alkanes of at least 4 members (excludes halogenated alkanes) is 1. The number of nitrogens with two attached hydrogens (primary N) is 3. The normalized spacial score (nSPS) is 14.0. The molecular weight excluding hydrogens is 492 g/mol. The number of carbonyl (C=O) groups excluding carboxylic acids is 4. The monoisotopic (exact) mass is 526 g/mol. The summed E-state index contributed by atoms with van der Waals surface area (Å²) >= 11 is 0. The van der Waals surface area contributed by atoms with Crippen molar-refractivity contribution in [3.8, 4) is 0 Å². The highest BCUT2D eigenvalue weighted by Crippen LogP contribution is 2.06. The van der Waals surface area contributed by atoms with Crippen LogP contribution in [0.5, 0.6) is 0 Å². The van der Waals surface area contributed by atoms with Crippen molar-refractivity contribution in [1.29, 1.82) is 0 Å². The first kappa shape index (κ1) is 31.0. The number of hydrogen-bond donors (Lipinski definition) is 9. The fraction of sp³-hybridized carbons (Fsp3) is 0.571. The Labute approximate surface area is 212 Å². The lowest BCUT2D eigenvalue weighted by molar-refractivity contribution is -0.142. The summed E-state index contributed by atoms with van der Waals surface area (Å²) in [5, 5.41) is 25.4. The number of nitrogens with zero attached hydrogens (tertiary/aromatic N) is 1. The summed E-state index contributed by atoms with van der Waals surface area (Å²) in [4.78, 5) is 78.5. The number of carboxylic acids is 2. The van der Waals surface area contributed by atoms with Crippen LogP contribution in [-0.2, 0) is 35.2 Å². The molecule has 0 saturated carbocycles. The number of rotatable bonds is 18. The van der Waals surface area contributed by atoms with E-state index in [1.807, 2.05) is 0 Å². The molecule has 12 N–H and O–H groups in total. The van der Waals surface area contributed by atoms with E-state index in [4.69, 9.17) is 22.3 Å². The van der Waals surface area contributed by atoms with Crippen LogP contribution in [0.15, 0.2) is 12.5 Å². The van der Waals surface area contributed by atoms with Crippen molar-refractivity contribution in [3.05, 3.63) is 18.2 Å². The van der Waals surface area contributed by atoms with E-state index in [0.717, 1.165) is 0 Å². The van der Waals surface area contributed by atoms with Gasteiger partial charge in [0.1, 0.15) is 18.1 Å². The Bertz CT molecular complexity index is 939. The highest BCUT2D eigenvalue weighted by molar-refractivity contribution is 5.94. The molecule has 0 spiro atoms. The molecule has 16 heteroatoms. The van der Waals surface area contributed by atoms with Crippen molar-refractivity contribution < 1.29 is 39.0 Å². The summed E-state index contributed by atoms with van der Waals surface area (Å²) in [5.74, 6) is -5.97. The van der Waals surface area contributed by atoms with Crippen LogP contribution < -0.4 is 33.2 Å². The maximum atomic E-state index is 13.1. The van der Waals surface area contributed by atoms with E-state index in [0.29, 0.717) is 25.1 Å². The minimum atomic E-state index is -1.45. The maximum Gasteiger partial charge on any atom is 0.326 e. The number of aromatic nitrogens is 2. The highest BCUT2D eigenvalue weighted by Gasteiger charge is 2.31. The number of aromatic amines is 1. The largest absolute Gasteiger partial charge is 0.481 e. The Morgan fingerprint density at radius 3 is 2.08 bits per heavy atom. The topological polar surface area (TPSA) is 286 Å². The van der Waals surface area contributed by atoms with E-state index >= 15 is 0 Å². The number of hydrogen-bond acceptors (Lipinski definition) is 9. The zero-order chi connectivity index (χ0) is 28.0. The van der Waals surface area contributed by atoms with Crippen LogP contribution in [0, 0.1) is 0 Å². The van der Waals surface area contributed by atoms with Gasteiger partial charge in [-0.05, 0) is 32.2 Å². The maximum absolute atomic E-state index is 13.1. The predicted octanol–water partition coefficient (Wildman–Crippen LogP) is -3.31. The second kappa shape index (κ2) is 15.8. The molecule has 37 heavy (non-hydrogen) atoms. The number of H-pyrrole nitrogens is 1. The standard InChI is InChI=1S/C21H34N8O8/c22-6-2-1-3-13(27-18(33)12(23)8-17(31)32)19(34)29-15(7-11-9-25-10-26-11)20(35)28-14(21(36)37)4-5-16(24)30/h9-10,12-15H,1-8,22-23H2,(H2,24,30)(H,25,26)(H,27,33)(H,28,35)(H,29,34)(H,31,32)(H,36,37). The lowest BCUT2D eigenvalue weighted by atomic mass is 10.0. The number of carbonyl (C=O) groups is 6. The molecule has 1 aromatic rings. The second-order valence-corrected chi connectivity index (χ2v) is 8.30. The molecule has 0 aliphatic rings. The van der Waals surface area contributed by atoms with Crippen LogP contribution in [0.3, 0.4) is 0 Å². The minimum absolute atomic E-state index is 0.109. The predicted molar refractivity (Wildman–Crippen MR) is 127 cm³/mol. The molecular formula is C21H34N8O8. The minimum Gasteiger partial charge on any atom is -0.481 e. The van der Waals surface area contributed by atoms with Gasteiger partial charge in [-0.15, -0.1) is 0 Å². The highest BCUT2D eigenvalue weighted by atomic mass is 16.4. The number of aliphatic carboxylic acids is 2. The summed E-state index contributed by atoms with van der Waals surface area (Å²) in [5.41, 5.74) is 16.6. The van der Waals surface area contributed by atoms with Gasteiger partial charge in [-0.2, -0.15) is 0 Å². The van der Waals surface area contributed by atoms with Gasteiger partial charge in [-0.3, -0.25) is 24.0 Å². The molecule has 4 atom stereocenters. The van der Waals surface area contributed by atoms with E-state index in [9.17, 15) is 33.9 Å². The van der Waals surface area contributed by atoms with Crippen molar-refractivity contribution in [2.45, 2.75) is 69.1 Å². The van der Waals surface area contributed by atoms with Crippen LogP contribution in [0.4, 0.5) is 0 Å². The van der Waals surface area contributed by atoms with Gasteiger partial charge in [-0.1, -0.05) is 0 Å². The van der Waals surface area contributed by atoms with Crippen molar-refractivity contribution in [2.75, 3.05) is 6.54 Å². The molecule has 1 aromatic heterocycles. The third-order valence-electron chi connectivity index (χ3n) is 5.22. The molecule has 1 rings (SSSR count). The van der Waals surface area contributed by atoms with Crippen LogP contribution in [-0.4, -0.2) is 86.5 Å². The molecule has 0 fully saturated rings. The summed E-state index contributed by atoms with van der Waals surface area (Å²) in [6.45, 7) is 0.327. The molecule has 4 unspecified atom stereocenters. The average molecular weight is 527 g/mol. The van der Waals surface area contributed by atoms with Crippen LogP contribution in [0.2, 0.25) is 0 Å². The molecule has 0 saturated heterocycles. The summed E-state index contributed by atoms with van der Waals surface area (Å²) in [6, 6.07) is -5.34. The van der Waals surface area contributed by atoms with Crippen molar-refractivity contribution in [3.63, 3.8) is 0 Å². The Morgan fingerprint density at radius 1 is 0.919 bits per heavy atom. The summed E-state index contributed by atoms with van der Waals surface area (Å²) in [6.07, 6.45) is 2.49. The summed E-state index contributed by atoms with van der Waals surface area (Å²) < 4.78 is 0. The molecule has 0 aromatic carbocycles. The Morgan fingerprint density at radius 2 is 1.54 bits per heavy atom. The van der Waals surface area contributed by atoms with E-state index < -0.39 is 66.2 Å². The van der Waals surface area contributed by atoms with Gasteiger partial charge in [0.15, 0.2) is 0 Å². The molecule has 206 valence electrons. The summed E-state index contributed by atoms with van der Waals surface area (Å²) in [7, 11) is 0.